The van der Waals surface area contributed by atoms with E-state index in [1.54, 1.807) is 0 Å². The van der Waals surface area contributed by atoms with Crippen molar-refractivity contribution >= 4 is 11.9 Å². The van der Waals surface area contributed by atoms with Crippen LogP contribution in [0.25, 0.3) is 0 Å². The van der Waals surface area contributed by atoms with Gasteiger partial charge in [0.15, 0.2) is 0 Å². The Bertz CT molecular complexity index is 326. The first-order valence-corrected chi connectivity index (χ1v) is 8.03. The zero-order chi connectivity index (χ0) is 15.1. The molecule has 1 saturated heterocycles. The highest BCUT2D eigenvalue weighted by atomic mass is 16.4. The lowest BCUT2D eigenvalue weighted by Gasteiger charge is -2.38. The monoisotopic (exact) mass is 283 g/mol. The van der Waals surface area contributed by atoms with Gasteiger partial charge in [-0.3, -0.25) is 9.59 Å². The molecule has 4 heteroatoms. The molecule has 4 nitrogen and oxygen atoms in total. The summed E-state index contributed by atoms with van der Waals surface area (Å²) >= 11 is 0. The van der Waals surface area contributed by atoms with Crippen molar-refractivity contribution in [3.05, 3.63) is 0 Å². The van der Waals surface area contributed by atoms with E-state index in [0.29, 0.717) is 12.3 Å². The highest BCUT2D eigenvalue weighted by molar-refractivity contribution is 5.79. The van der Waals surface area contributed by atoms with Gasteiger partial charge in [-0.05, 0) is 31.6 Å². The van der Waals surface area contributed by atoms with E-state index >= 15 is 0 Å². The van der Waals surface area contributed by atoms with E-state index in [-0.39, 0.29) is 24.3 Å². The van der Waals surface area contributed by atoms with Crippen molar-refractivity contribution in [3.8, 4) is 0 Å². The van der Waals surface area contributed by atoms with Crippen LogP contribution in [-0.2, 0) is 9.59 Å². The fraction of sp³-hybridized carbons (Fsp3) is 0.875. The second-order valence-electron chi connectivity index (χ2n) is 5.98. The number of carbonyl (C=O) groups excluding carboxylic acids is 1. The average molecular weight is 283 g/mol. The molecule has 0 spiro atoms. The van der Waals surface area contributed by atoms with E-state index in [1.165, 1.54) is 0 Å². The summed E-state index contributed by atoms with van der Waals surface area (Å²) in [6.07, 6.45) is 5.91. The molecule has 1 aliphatic rings. The molecule has 0 aromatic carbocycles. The number of piperidine rings is 1. The molecule has 2 unspecified atom stereocenters. The topological polar surface area (TPSA) is 57.6 Å². The maximum atomic E-state index is 12.7. The van der Waals surface area contributed by atoms with Crippen LogP contribution in [0.15, 0.2) is 0 Å². The zero-order valence-corrected chi connectivity index (χ0v) is 13.1. The smallest absolute Gasteiger partial charge is 0.303 e. The molecule has 1 aliphatic heterocycles. The highest BCUT2D eigenvalue weighted by Crippen LogP contribution is 2.27. The average Bonchev–Trinajstić information content (AvgIpc) is 2.45. The van der Waals surface area contributed by atoms with Gasteiger partial charge in [0.05, 0.1) is 0 Å². The minimum absolute atomic E-state index is 0.0513. The van der Waals surface area contributed by atoms with Gasteiger partial charge in [0.25, 0.3) is 0 Å². The number of carboxylic acids is 1. The van der Waals surface area contributed by atoms with Crippen molar-refractivity contribution in [2.24, 2.45) is 11.8 Å². The van der Waals surface area contributed by atoms with Crippen LogP contribution < -0.4 is 0 Å². The van der Waals surface area contributed by atoms with Crippen LogP contribution in [0.3, 0.4) is 0 Å². The number of amides is 1. The molecule has 0 bridgehead atoms. The summed E-state index contributed by atoms with van der Waals surface area (Å²) in [5.41, 5.74) is 0. The lowest BCUT2D eigenvalue weighted by atomic mass is 9.86. The molecule has 0 radical (unpaired) electrons. The Morgan fingerprint density at radius 1 is 1.25 bits per heavy atom. The van der Waals surface area contributed by atoms with Crippen LogP contribution >= 0.6 is 0 Å². The fourth-order valence-corrected chi connectivity index (χ4v) is 3.34. The molecule has 0 aliphatic carbocycles. The lowest BCUT2D eigenvalue weighted by molar-refractivity contribution is -0.143. The lowest BCUT2D eigenvalue weighted by Crippen LogP contribution is -2.47. The molecule has 1 N–H and O–H groups in total. The molecule has 2 atom stereocenters. The van der Waals surface area contributed by atoms with Crippen LogP contribution in [0.4, 0.5) is 0 Å². The predicted molar refractivity (Wildman–Crippen MR) is 79.5 cm³/mol. The summed E-state index contributed by atoms with van der Waals surface area (Å²) in [6.45, 7) is 7.10. The summed E-state index contributed by atoms with van der Waals surface area (Å²) in [7, 11) is 0. The first-order valence-electron chi connectivity index (χ1n) is 8.03. The maximum Gasteiger partial charge on any atom is 0.303 e. The summed E-state index contributed by atoms with van der Waals surface area (Å²) in [4.78, 5) is 25.4. The van der Waals surface area contributed by atoms with E-state index in [2.05, 4.69) is 13.8 Å². The fourth-order valence-electron chi connectivity index (χ4n) is 3.34. The van der Waals surface area contributed by atoms with Crippen molar-refractivity contribution < 1.29 is 14.7 Å². The van der Waals surface area contributed by atoms with Gasteiger partial charge in [0.2, 0.25) is 5.91 Å². The first kappa shape index (κ1) is 17.0. The van der Waals surface area contributed by atoms with Gasteiger partial charge in [0.1, 0.15) is 0 Å². The van der Waals surface area contributed by atoms with Crippen molar-refractivity contribution in [1.82, 2.24) is 4.90 Å². The standard InChI is InChI=1S/C16H29NO3/c1-4-13(5-2)12(3)16(20)17-11-7-6-8-14(17)9-10-15(18)19/h12-14H,4-11H2,1-3H3,(H,18,19). The van der Waals surface area contributed by atoms with E-state index in [1.807, 2.05) is 11.8 Å². The second-order valence-corrected chi connectivity index (χ2v) is 5.98. The highest BCUT2D eigenvalue weighted by Gasteiger charge is 2.32. The Labute approximate surface area is 122 Å². The normalized spacial score (nSPS) is 21.0. The third-order valence-electron chi connectivity index (χ3n) is 4.75. The van der Waals surface area contributed by atoms with Crippen molar-refractivity contribution in [2.75, 3.05) is 6.54 Å². The van der Waals surface area contributed by atoms with E-state index in [9.17, 15) is 9.59 Å². The van der Waals surface area contributed by atoms with Crippen molar-refractivity contribution in [2.45, 2.75) is 71.8 Å². The maximum absolute atomic E-state index is 12.7. The van der Waals surface area contributed by atoms with Crippen LogP contribution in [0.1, 0.15) is 65.7 Å². The van der Waals surface area contributed by atoms with Crippen molar-refractivity contribution in [1.29, 1.82) is 0 Å². The minimum atomic E-state index is -0.768. The molecule has 1 rings (SSSR count). The third kappa shape index (κ3) is 4.50. The van der Waals surface area contributed by atoms with Crippen LogP contribution in [0, 0.1) is 11.8 Å². The summed E-state index contributed by atoms with van der Waals surface area (Å²) in [6, 6.07) is 0.129. The van der Waals surface area contributed by atoms with Crippen LogP contribution in [0.5, 0.6) is 0 Å². The molecule has 0 saturated carbocycles. The number of hydrogen-bond acceptors (Lipinski definition) is 2. The Balaban J connectivity index is 2.68. The molecule has 20 heavy (non-hydrogen) atoms. The zero-order valence-electron chi connectivity index (χ0n) is 13.1. The van der Waals surface area contributed by atoms with E-state index in [4.69, 9.17) is 5.11 Å². The molecule has 0 aromatic rings. The SMILES string of the molecule is CCC(CC)C(C)C(=O)N1CCCCC1CCC(=O)O. The molecule has 116 valence electrons. The number of carboxylic acid groups (broad SMARTS) is 1. The Hall–Kier alpha value is -1.06. The number of aliphatic carboxylic acids is 1. The largest absolute Gasteiger partial charge is 0.481 e. The van der Waals surface area contributed by atoms with Crippen LogP contribution in [-0.4, -0.2) is 34.5 Å². The van der Waals surface area contributed by atoms with Crippen molar-refractivity contribution in [3.63, 3.8) is 0 Å². The molecular formula is C16H29NO3. The number of carbonyl (C=O) groups is 2. The van der Waals surface area contributed by atoms with E-state index < -0.39 is 5.97 Å². The number of hydrogen-bond donors (Lipinski definition) is 1. The molecule has 0 aromatic heterocycles. The van der Waals surface area contributed by atoms with Gasteiger partial charge in [-0.2, -0.15) is 0 Å². The molecule has 1 amide bonds. The second kappa shape index (κ2) is 8.28. The Morgan fingerprint density at radius 2 is 1.90 bits per heavy atom. The van der Waals surface area contributed by atoms with Gasteiger partial charge < -0.3 is 10.0 Å². The first-order chi connectivity index (χ1) is 9.51. The molecule has 1 fully saturated rings. The molecular weight excluding hydrogens is 254 g/mol. The van der Waals surface area contributed by atoms with Gasteiger partial charge in [-0.1, -0.05) is 33.6 Å². The van der Waals surface area contributed by atoms with Gasteiger partial charge in [-0.15, -0.1) is 0 Å². The summed E-state index contributed by atoms with van der Waals surface area (Å²) < 4.78 is 0. The summed E-state index contributed by atoms with van der Waals surface area (Å²) in [5.74, 6) is -0.0511. The van der Waals surface area contributed by atoms with Gasteiger partial charge in [0, 0.05) is 24.9 Å². The number of likely N-dealkylation sites (tertiary alicyclic amines) is 1. The van der Waals surface area contributed by atoms with Gasteiger partial charge >= 0.3 is 5.97 Å². The Morgan fingerprint density at radius 3 is 2.45 bits per heavy atom. The summed E-state index contributed by atoms with van der Waals surface area (Å²) in [5, 5.41) is 8.84. The quantitative estimate of drug-likeness (QED) is 0.780. The number of nitrogens with zero attached hydrogens (tertiary/aromatic N) is 1. The predicted octanol–water partition coefficient (Wildman–Crippen LogP) is 3.30. The minimum Gasteiger partial charge on any atom is -0.481 e. The third-order valence-corrected chi connectivity index (χ3v) is 4.75. The number of rotatable bonds is 7. The molecule has 1 heterocycles. The van der Waals surface area contributed by atoms with Crippen LogP contribution in [0.2, 0.25) is 0 Å². The Kier molecular flexibility index (Phi) is 7.03. The van der Waals surface area contributed by atoms with E-state index in [0.717, 1.165) is 38.6 Å². The van der Waals surface area contributed by atoms with Gasteiger partial charge in [-0.25, -0.2) is 0 Å².